The Hall–Kier alpha value is -2.20. The minimum atomic E-state index is -3.31. The molecule has 1 saturated carbocycles. The summed E-state index contributed by atoms with van der Waals surface area (Å²) in [5.41, 5.74) is -0.456. The zero-order chi connectivity index (χ0) is 17.9. The molecule has 0 saturated heterocycles. The Balaban J connectivity index is 1.42. The van der Waals surface area contributed by atoms with Crippen molar-refractivity contribution in [2.75, 3.05) is 0 Å². The molecule has 1 fully saturated rings. The van der Waals surface area contributed by atoms with Crippen LogP contribution in [0.1, 0.15) is 38.5 Å². The Bertz CT molecular complexity index is 800. The maximum atomic E-state index is 12.5. The first-order valence-electron chi connectivity index (χ1n) is 8.41. The molecule has 2 aliphatic rings. The highest BCUT2D eigenvalue weighted by molar-refractivity contribution is 7.92. The van der Waals surface area contributed by atoms with Crippen molar-refractivity contribution in [1.29, 1.82) is 0 Å². The number of carbonyl (C=O) groups is 1. The van der Waals surface area contributed by atoms with Crippen molar-refractivity contribution in [2.45, 2.75) is 60.4 Å². The van der Waals surface area contributed by atoms with Crippen LogP contribution in [0.5, 0.6) is 0 Å². The number of carbonyl (C=O) groups excluding carboxylic acids is 1. The van der Waals surface area contributed by atoms with E-state index >= 15 is 0 Å². The van der Waals surface area contributed by atoms with E-state index < -0.39 is 20.8 Å². The molecule has 0 unspecified atom stereocenters. The number of nitrogens with zero attached hydrogens (tertiary/aromatic N) is 2. The van der Waals surface area contributed by atoms with Gasteiger partial charge in [0.2, 0.25) is 5.91 Å². The second-order valence-electron chi connectivity index (χ2n) is 6.60. The SMILES string of the molecule is C#CCCC1(CCC(=O)NC2CC(S(=O)(=O)c3ccccc3)C2)N=N1. The van der Waals surface area contributed by atoms with E-state index in [1.54, 1.807) is 30.3 Å². The van der Waals surface area contributed by atoms with Gasteiger partial charge in [-0.2, -0.15) is 10.2 Å². The monoisotopic (exact) mass is 359 g/mol. The lowest BCUT2D eigenvalue weighted by atomic mass is 9.92. The second kappa shape index (κ2) is 6.96. The fraction of sp³-hybridized carbons (Fsp3) is 0.500. The summed E-state index contributed by atoms with van der Waals surface area (Å²) in [6.45, 7) is 0. The van der Waals surface area contributed by atoms with Crippen LogP contribution in [0.3, 0.4) is 0 Å². The highest BCUT2D eigenvalue weighted by atomic mass is 32.2. The molecule has 1 N–H and O–H groups in total. The first kappa shape index (κ1) is 17.6. The Morgan fingerprint density at radius 2 is 1.92 bits per heavy atom. The zero-order valence-corrected chi connectivity index (χ0v) is 14.7. The highest BCUT2D eigenvalue weighted by Crippen LogP contribution is 2.37. The van der Waals surface area contributed by atoms with Crippen molar-refractivity contribution < 1.29 is 13.2 Å². The quantitative estimate of drug-likeness (QED) is 0.723. The number of hydrogen-bond acceptors (Lipinski definition) is 5. The third-order valence-corrected chi connectivity index (χ3v) is 6.97. The standard InChI is InChI=1S/C18H21N3O3S/c1-2-3-10-18(20-21-18)11-9-17(22)19-14-12-16(13-14)25(23,24)15-7-5-4-6-8-15/h1,4-8,14,16H,3,9-13H2,(H,19,22). The van der Waals surface area contributed by atoms with Crippen molar-refractivity contribution in [3.63, 3.8) is 0 Å². The molecule has 1 amide bonds. The molecule has 1 aliphatic carbocycles. The maximum absolute atomic E-state index is 12.5. The van der Waals surface area contributed by atoms with E-state index in [2.05, 4.69) is 21.5 Å². The molecule has 0 aromatic heterocycles. The van der Waals surface area contributed by atoms with Crippen molar-refractivity contribution in [1.82, 2.24) is 5.32 Å². The van der Waals surface area contributed by atoms with E-state index in [9.17, 15) is 13.2 Å². The van der Waals surface area contributed by atoms with Crippen LogP contribution in [0.25, 0.3) is 0 Å². The molecule has 0 radical (unpaired) electrons. The smallest absolute Gasteiger partial charge is 0.220 e. The largest absolute Gasteiger partial charge is 0.353 e. The second-order valence-corrected chi connectivity index (χ2v) is 8.83. The fourth-order valence-electron chi connectivity index (χ4n) is 3.02. The molecule has 1 aliphatic heterocycles. The van der Waals surface area contributed by atoms with Gasteiger partial charge in [-0.05, 0) is 25.0 Å². The number of hydrogen-bond donors (Lipinski definition) is 1. The van der Waals surface area contributed by atoms with Crippen LogP contribution in [-0.2, 0) is 14.6 Å². The molecule has 1 aromatic carbocycles. The average Bonchev–Trinajstić information content (AvgIpc) is 3.35. The van der Waals surface area contributed by atoms with Gasteiger partial charge in [-0.25, -0.2) is 8.42 Å². The summed E-state index contributed by atoms with van der Waals surface area (Å²) in [5.74, 6) is 2.47. The summed E-state index contributed by atoms with van der Waals surface area (Å²) in [4.78, 5) is 12.4. The molecule has 3 rings (SSSR count). The summed E-state index contributed by atoms with van der Waals surface area (Å²) < 4.78 is 24.9. The third kappa shape index (κ3) is 4.07. The van der Waals surface area contributed by atoms with Crippen molar-refractivity contribution in [3.8, 4) is 12.3 Å². The molecule has 132 valence electrons. The van der Waals surface area contributed by atoms with Crippen molar-refractivity contribution >= 4 is 15.7 Å². The molecular formula is C18H21N3O3S. The third-order valence-electron chi connectivity index (χ3n) is 4.78. The molecule has 0 spiro atoms. The van der Waals surface area contributed by atoms with E-state index in [1.807, 2.05) is 0 Å². The minimum absolute atomic E-state index is 0.0780. The molecule has 0 atom stereocenters. The van der Waals surface area contributed by atoms with Crippen molar-refractivity contribution in [3.05, 3.63) is 30.3 Å². The van der Waals surface area contributed by atoms with E-state index in [0.29, 0.717) is 43.4 Å². The van der Waals surface area contributed by atoms with Gasteiger partial charge in [0, 0.05) is 31.7 Å². The van der Waals surface area contributed by atoms with Gasteiger partial charge in [0.05, 0.1) is 10.1 Å². The van der Waals surface area contributed by atoms with Gasteiger partial charge in [0.15, 0.2) is 15.5 Å². The van der Waals surface area contributed by atoms with Gasteiger partial charge >= 0.3 is 0 Å². The number of terminal acetylenes is 1. The van der Waals surface area contributed by atoms with Gasteiger partial charge in [0.1, 0.15) is 0 Å². The first-order valence-corrected chi connectivity index (χ1v) is 9.96. The van der Waals surface area contributed by atoms with E-state index in [4.69, 9.17) is 6.42 Å². The Kier molecular flexibility index (Phi) is 4.91. The molecule has 6 nitrogen and oxygen atoms in total. The summed E-state index contributed by atoms with van der Waals surface area (Å²) in [6, 6.07) is 8.37. The molecule has 1 heterocycles. The number of sulfone groups is 1. The van der Waals surface area contributed by atoms with Crippen LogP contribution in [0, 0.1) is 12.3 Å². The van der Waals surface area contributed by atoms with Crippen molar-refractivity contribution in [2.24, 2.45) is 10.2 Å². The first-order chi connectivity index (χ1) is 12.0. The molecule has 25 heavy (non-hydrogen) atoms. The topological polar surface area (TPSA) is 88.0 Å². The van der Waals surface area contributed by atoms with Gasteiger partial charge in [-0.1, -0.05) is 18.2 Å². The van der Waals surface area contributed by atoms with Crippen LogP contribution >= 0.6 is 0 Å². The summed E-state index contributed by atoms with van der Waals surface area (Å²) in [7, 11) is -3.31. The lowest BCUT2D eigenvalue weighted by Gasteiger charge is -2.35. The number of nitrogens with one attached hydrogen (secondary N) is 1. The van der Waals surface area contributed by atoms with E-state index in [1.165, 1.54) is 0 Å². The number of benzene rings is 1. The van der Waals surface area contributed by atoms with Crippen LogP contribution < -0.4 is 5.32 Å². The fourth-order valence-corrected chi connectivity index (χ4v) is 4.91. The number of amides is 1. The normalized spacial score (nSPS) is 23.3. The Morgan fingerprint density at radius 1 is 1.24 bits per heavy atom. The lowest BCUT2D eigenvalue weighted by molar-refractivity contribution is -0.122. The van der Waals surface area contributed by atoms with Crippen LogP contribution in [-0.4, -0.2) is 31.3 Å². The highest BCUT2D eigenvalue weighted by Gasteiger charge is 2.42. The molecule has 7 heteroatoms. The van der Waals surface area contributed by atoms with Gasteiger partial charge < -0.3 is 5.32 Å². The van der Waals surface area contributed by atoms with Gasteiger partial charge in [0.25, 0.3) is 0 Å². The average molecular weight is 359 g/mol. The van der Waals surface area contributed by atoms with E-state index in [0.717, 1.165) is 0 Å². The van der Waals surface area contributed by atoms with Crippen LogP contribution in [0.2, 0.25) is 0 Å². The molecule has 1 aromatic rings. The molecule has 0 bridgehead atoms. The van der Waals surface area contributed by atoms with Gasteiger partial charge in [-0.3, -0.25) is 4.79 Å². The zero-order valence-electron chi connectivity index (χ0n) is 13.9. The van der Waals surface area contributed by atoms with Gasteiger partial charge in [-0.15, -0.1) is 12.3 Å². The van der Waals surface area contributed by atoms with Crippen LogP contribution in [0.15, 0.2) is 45.5 Å². The Morgan fingerprint density at radius 3 is 2.52 bits per heavy atom. The summed E-state index contributed by atoms with van der Waals surface area (Å²) in [6.07, 6.45) is 8.31. The maximum Gasteiger partial charge on any atom is 0.220 e. The predicted octanol–water partition coefficient (Wildman–Crippen LogP) is 2.46. The predicted molar refractivity (Wildman–Crippen MR) is 93.5 cm³/mol. The minimum Gasteiger partial charge on any atom is -0.353 e. The summed E-state index contributed by atoms with van der Waals surface area (Å²) >= 11 is 0. The van der Waals surface area contributed by atoms with E-state index in [-0.39, 0.29) is 11.9 Å². The lowest BCUT2D eigenvalue weighted by Crippen LogP contribution is -2.49. The number of rotatable bonds is 8. The Labute approximate surface area is 148 Å². The molecular weight excluding hydrogens is 338 g/mol. The summed E-state index contributed by atoms with van der Waals surface area (Å²) in [5, 5.41) is 10.5. The van der Waals surface area contributed by atoms with Crippen LogP contribution in [0.4, 0.5) is 0 Å².